The van der Waals surface area contributed by atoms with Gasteiger partial charge in [-0.2, -0.15) is 0 Å². The summed E-state index contributed by atoms with van der Waals surface area (Å²) < 4.78 is 0. The summed E-state index contributed by atoms with van der Waals surface area (Å²) in [4.78, 5) is 11.3. The minimum Gasteiger partial charge on any atom is -0.481 e. The number of halogens is 2. The zero-order valence-corrected chi connectivity index (χ0v) is 16.8. The maximum Gasteiger partial charge on any atom is 0.303 e. The van der Waals surface area contributed by atoms with Gasteiger partial charge in [-0.15, -0.1) is 0 Å². The molecule has 0 bridgehead atoms. The summed E-state index contributed by atoms with van der Waals surface area (Å²) >= 11 is 12.3. The predicted molar refractivity (Wildman–Crippen MR) is 108 cm³/mol. The number of hydrogen-bond donors (Lipinski definition) is 2. The van der Waals surface area contributed by atoms with Crippen LogP contribution in [0.15, 0.2) is 48.5 Å². The standard InChI is InChI=1S/C21H25Cl2NO2/c1-14(2)24-21(3,16-7-9-17(22)10-8-16)19(11-12-20(25)26)15-5-4-6-18(23)13-15/h4-10,13-14,19,24H,11-12H2,1-3H3,(H,25,26). The molecule has 0 spiro atoms. The molecule has 5 heteroatoms. The largest absolute Gasteiger partial charge is 0.481 e. The highest BCUT2D eigenvalue weighted by molar-refractivity contribution is 6.30. The average molecular weight is 394 g/mol. The number of rotatable bonds is 8. The van der Waals surface area contributed by atoms with Crippen LogP contribution in [0.5, 0.6) is 0 Å². The highest BCUT2D eigenvalue weighted by atomic mass is 35.5. The SMILES string of the molecule is CC(C)NC(C)(c1ccc(Cl)cc1)C(CCC(=O)O)c1cccc(Cl)c1. The van der Waals surface area contributed by atoms with E-state index in [9.17, 15) is 9.90 Å². The monoisotopic (exact) mass is 393 g/mol. The highest BCUT2D eigenvalue weighted by Gasteiger charge is 2.37. The normalized spacial score (nSPS) is 14.8. The molecule has 2 aromatic rings. The van der Waals surface area contributed by atoms with Gasteiger partial charge in [0.1, 0.15) is 0 Å². The molecule has 0 aliphatic rings. The Morgan fingerprint density at radius 3 is 2.31 bits per heavy atom. The number of hydrogen-bond acceptors (Lipinski definition) is 2. The Kier molecular flexibility index (Phi) is 7.10. The maximum atomic E-state index is 11.3. The molecule has 0 amide bonds. The fourth-order valence-electron chi connectivity index (χ4n) is 3.56. The molecule has 3 nitrogen and oxygen atoms in total. The molecule has 2 N–H and O–H groups in total. The molecular weight excluding hydrogens is 369 g/mol. The van der Waals surface area contributed by atoms with Gasteiger partial charge < -0.3 is 10.4 Å². The zero-order chi connectivity index (χ0) is 19.3. The Hall–Kier alpha value is -1.55. The van der Waals surface area contributed by atoms with Gasteiger partial charge in [0, 0.05) is 34.0 Å². The molecule has 0 aromatic heterocycles. The van der Waals surface area contributed by atoms with Gasteiger partial charge in [0.05, 0.1) is 0 Å². The maximum absolute atomic E-state index is 11.3. The van der Waals surface area contributed by atoms with Crippen molar-refractivity contribution in [2.75, 3.05) is 0 Å². The first kappa shape index (κ1) is 20.8. The highest BCUT2D eigenvalue weighted by Crippen LogP contribution is 2.41. The van der Waals surface area contributed by atoms with E-state index in [0.717, 1.165) is 11.1 Å². The Bertz CT molecular complexity index is 746. The molecule has 140 valence electrons. The van der Waals surface area contributed by atoms with E-state index in [1.165, 1.54) is 0 Å². The van der Waals surface area contributed by atoms with Crippen molar-refractivity contribution >= 4 is 29.2 Å². The van der Waals surface area contributed by atoms with Crippen LogP contribution >= 0.6 is 23.2 Å². The summed E-state index contributed by atoms with van der Waals surface area (Å²) in [6.07, 6.45) is 0.578. The molecule has 2 aromatic carbocycles. The molecule has 0 heterocycles. The molecule has 0 aliphatic carbocycles. The van der Waals surface area contributed by atoms with Crippen molar-refractivity contribution < 1.29 is 9.90 Å². The lowest BCUT2D eigenvalue weighted by atomic mass is 9.73. The van der Waals surface area contributed by atoms with Crippen molar-refractivity contribution in [2.45, 2.75) is 51.1 Å². The van der Waals surface area contributed by atoms with E-state index in [-0.39, 0.29) is 18.4 Å². The van der Waals surface area contributed by atoms with Crippen molar-refractivity contribution in [3.8, 4) is 0 Å². The summed E-state index contributed by atoms with van der Waals surface area (Å²) in [5.41, 5.74) is 1.61. The smallest absolute Gasteiger partial charge is 0.303 e. The molecular formula is C21H25Cl2NO2. The lowest BCUT2D eigenvalue weighted by Crippen LogP contribution is -2.48. The van der Waals surface area contributed by atoms with Crippen LogP contribution < -0.4 is 5.32 Å². The van der Waals surface area contributed by atoms with Gasteiger partial charge in [-0.1, -0.05) is 61.3 Å². The van der Waals surface area contributed by atoms with E-state index < -0.39 is 11.5 Å². The van der Waals surface area contributed by atoms with Gasteiger partial charge in [-0.25, -0.2) is 0 Å². The van der Waals surface area contributed by atoms with Gasteiger partial charge >= 0.3 is 5.97 Å². The van der Waals surface area contributed by atoms with Crippen LogP contribution in [0.1, 0.15) is 50.7 Å². The van der Waals surface area contributed by atoms with Crippen LogP contribution in [0.4, 0.5) is 0 Å². The summed E-state index contributed by atoms with van der Waals surface area (Å²) in [6.45, 7) is 6.28. The van der Waals surface area contributed by atoms with Crippen molar-refractivity contribution in [3.05, 3.63) is 69.7 Å². The topological polar surface area (TPSA) is 49.3 Å². The Labute approximate surface area is 165 Å². The molecule has 2 unspecified atom stereocenters. The second kappa shape index (κ2) is 8.90. The quantitative estimate of drug-likeness (QED) is 0.590. The van der Waals surface area contributed by atoms with Crippen LogP contribution in [0.25, 0.3) is 0 Å². The third kappa shape index (κ3) is 5.23. The van der Waals surface area contributed by atoms with Crippen molar-refractivity contribution in [1.82, 2.24) is 5.32 Å². The summed E-state index contributed by atoms with van der Waals surface area (Å²) in [5, 5.41) is 14.2. The van der Waals surface area contributed by atoms with Gasteiger partial charge in [-0.05, 0) is 48.7 Å². The van der Waals surface area contributed by atoms with E-state index in [0.29, 0.717) is 16.5 Å². The fourth-order valence-corrected chi connectivity index (χ4v) is 3.89. The minimum atomic E-state index is -0.806. The molecule has 0 saturated heterocycles. The van der Waals surface area contributed by atoms with E-state index in [4.69, 9.17) is 23.2 Å². The number of benzene rings is 2. The first-order chi connectivity index (χ1) is 12.2. The molecule has 0 radical (unpaired) electrons. The minimum absolute atomic E-state index is 0.0686. The number of nitrogens with one attached hydrogen (secondary N) is 1. The number of carboxylic acids is 1. The van der Waals surface area contributed by atoms with Crippen LogP contribution in [-0.4, -0.2) is 17.1 Å². The predicted octanol–water partition coefficient (Wildman–Crippen LogP) is 5.86. The van der Waals surface area contributed by atoms with Crippen LogP contribution in [0, 0.1) is 0 Å². The second-order valence-corrected chi connectivity index (χ2v) is 7.92. The summed E-state index contributed by atoms with van der Waals surface area (Å²) in [5.74, 6) is -0.874. The third-order valence-electron chi connectivity index (χ3n) is 4.63. The second-order valence-electron chi connectivity index (χ2n) is 7.05. The lowest BCUT2D eigenvalue weighted by molar-refractivity contribution is -0.137. The van der Waals surface area contributed by atoms with Gasteiger partial charge in [0.15, 0.2) is 0 Å². The first-order valence-electron chi connectivity index (χ1n) is 8.73. The van der Waals surface area contributed by atoms with E-state index in [1.54, 1.807) is 0 Å². The number of carbonyl (C=O) groups is 1. The Balaban J connectivity index is 2.56. The molecule has 2 atom stereocenters. The summed E-state index contributed by atoms with van der Waals surface area (Å²) in [6, 6.07) is 15.6. The molecule has 0 aliphatic heterocycles. The molecule has 26 heavy (non-hydrogen) atoms. The van der Waals surface area contributed by atoms with E-state index in [1.807, 2.05) is 48.5 Å². The van der Waals surface area contributed by atoms with Crippen LogP contribution in [0.2, 0.25) is 10.0 Å². The van der Waals surface area contributed by atoms with Crippen LogP contribution in [-0.2, 0) is 10.3 Å². The average Bonchev–Trinajstić information content (AvgIpc) is 2.54. The van der Waals surface area contributed by atoms with Crippen molar-refractivity contribution in [2.24, 2.45) is 0 Å². The Morgan fingerprint density at radius 2 is 1.77 bits per heavy atom. The first-order valence-corrected chi connectivity index (χ1v) is 9.49. The lowest BCUT2D eigenvalue weighted by Gasteiger charge is -2.41. The van der Waals surface area contributed by atoms with Crippen LogP contribution in [0.3, 0.4) is 0 Å². The Morgan fingerprint density at radius 1 is 1.12 bits per heavy atom. The van der Waals surface area contributed by atoms with Gasteiger partial charge in [0.2, 0.25) is 0 Å². The number of carboxylic acid groups (broad SMARTS) is 1. The molecule has 0 fully saturated rings. The van der Waals surface area contributed by atoms with Crippen molar-refractivity contribution in [3.63, 3.8) is 0 Å². The molecule has 2 rings (SSSR count). The third-order valence-corrected chi connectivity index (χ3v) is 5.11. The molecule has 0 saturated carbocycles. The number of aliphatic carboxylic acids is 1. The zero-order valence-electron chi connectivity index (χ0n) is 15.3. The van der Waals surface area contributed by atoms with Gasteiger partial charge in [-0.3, -0.25) is 4.79 Å². The van der Waals surface area contributed by atoms with E-state index in [2.05, 4.69) is 26.1 Å². The van der Waals surface area contributed by atoms with E-state index >= 15 is 0 Å². The van der Waals surface area contributed by atoms with Gasteiger partial charge in [0.25, 0.3) is 0 Å². The summed E-state index contributed by atoms with van der Waals surface area (Å²) in [7, 11) is 0. The fraction of sp³-hybridized carbons (Fsp3) is 0.381. The van der Waals surface area contributed by atoms with Crippen molar-refractivity contribution in [1.29, 1.82) is 0 Å².